The molecular weight excluding hydrogens is 623 g/mol. The summed E-state index contributed by atoms with van der Waals surface area (Å²) in [6, 6.07) is 39.9. The SMILES string of the molecule is C1=CC2=C(CC1)N(c1ccccc1)C1C=CC(C3=CC=NC(N4c5ccccc5C5c6c(c7ccccc7n6-c6ccccc6)C=CC54)N3)=CC21. The first-order valence-corrected chi connectivity index (χ1v) is 18.2. The van der Waals surface area contributed by atoms with Gasteiger partial charge in [-0.25, -0.2) is 4.99 Å². The fourth-order valence-corrected chi connectivity index (χ4v) is 9.56. The van der Waals surface area contributed by atoms with Crippen LogP contribution in [-0.2, 0) is 0 Å². The van der Waals surface area contributed by atoms with E-state index in [1.807, 2.05) is 6.21 Å². The Morgan fingerprint density at radius 1 is 0.725 bits per heavy atom. The monoisotopic (exact) mass is 659 g/mol. The van der Waals surface area contributed by atoms with Gasteiger partial charge in [0.2, 0.25) is 0 Å². The normalized spacial score (nSPS) is 25.2. The molecule has 246 valence electrons. The van der Waals surface area contributed by atoms with E-state index in [0.29, 0.717) is 5.92 Å². The lowest BCUT2D eigenvalue weighted by atomic mass is 9.84. The van der Waals surface area contributed by atoms with Crippen LogP contribution in [0, 0.1) is 5.92 Å². The topological polar surface area (TPSA) is 35.8 Å². The lowest BCUT2D eigenvalue weighted by Gasteiger charge is -2.38. The second kappa shape index (κ2) is 11.2. The van der Waals surface area contributed by atoms with E-state index < -0.39 is 0 Å². The van der Waals surface area contributed by atoms with Crippen LogP contribution in [0.4, 0.5) is 11.4 Å². The Morgan fingerprint density at radius 2 is 1.49 bits per heavy atom. The number of allylic oxidation sites excluding steroid dienone is 5. The third kappa shape index (κ3) is 4.24. The molecule has 0 saturated heterocycles. The minimum atomic E-state index is -0.248. The molecule has 3 aliphatic carbocycles. The molecule has 0 saturated carbocycles. The van der Waals surface area contributed by atoms with Crippen LogP contribution < -0.4 is 15.1 Å². The van der Waals surface area contributed by atoms with Crippen LogP contribution in [0.15, 0.2) is 179 Å². The van der Waals surface area contributed by atoms with Gasteiger partial charge in [-0.2, -0.15) is 0 Å². The smallest absolute Gasteiger partial charge is 0.197 e. The molecule has 0 radical (unpaired) electrons. The van der Waals surface area contributed by atoms with Gasteiger partial charge in [0.1, 0.15) is 0 Å². The summed E-state index contributed by atoms with van der Waals surface area (Å²) in [5.41, 5.74) is 14.2. The molecule has 51 heavy (non-hydrogen) atoms. The van der Waals surface area contributed by atoms with E-state index >= 15 is 0 Å². The summed E-state index contributed by atoms with van der Waals surface area (Å²) in [6.45, 7) is 0. The number of hydrogen-bond donors (Lipinski definition) is 1. The highest BCUT2D eigenvalue weighted by Gasteiger charge is 2.46. The van der Waals surface area contributed by atoms with Crippen molar-refractivity contribution in [2.45, 2.75) is 37.1 Å². The predicted octanol–water partition coefficient (Wildman–Crippen LogP) is 9.42. The van der Waals surface area contributed by atoms with Gasteiger partial charge in [0.15, 0.2) is 6.29 Å². The molecule has 0 amide bonds. The molecule has 4 heterocycles. The van der Waals surface area contributed by atoms with Crippen LogP contribution in [0.1, 0.15) is 35.6 Å². The molecule has 6 aliphatic rings. The number of rotatable bonds is 4. The number of nitrogens with zero attached hydrogens (tertiary/aromatic N) is 4. The van der Waals surface area contributed by atoms with Gasteiger partial charge in [-0.3, -0.25) is 0 Å². The van der Waals surface area contributed by atoms with Gasteiger partial charge < -0.3 is 19.7 Å². The molecule has 1 aromatic heterocycles. The van der Waals surface area contributed by atoms with E-state index in [4.69, 9.17) is 4.99 Å². The Kier molecular flexibility index (Phi) is 6.32. The van der Waals surface area contributed by atoms with E-state index in [1.165, 1.54) is 61.6 Å². The zero-order valence-corrected chi connectivity index (χ0v) is 28.2. The van der Waals surface area contributed by atoms with E-state index in [9.17, 15) is 0 Å². The zero-order valence-electron chi connectivity index (χ0n) is 28.2. The van der Waals surface area contributed by atoms with Crippen LogP contribution in [-0.4, -0.2) is 29.2 Å². The summed E-state index contributed by atoms with van der Waals surface area (Å²) in [5.74, 6) is 0.453. The third-order valence-corrected chi connectivity index (χ3v) is 11.6. The highest BCUT2D eigenvalue weighted by molar-refractivity contribution is 5.95. The Labute approximate surface area is 298 Å². The molecule has 3 aliphatic heterocycles. The molecule has 5 nitrogen and oxygen atoms in total. The number of nitrogens with one attached hydrogen (secondary N) is 1. The Bertz CT molecular complexity index is 2440. The first-order chi connectivity index (χ1) is 25.3. The van der Waals surface area contributed by atoms with E-state index in [0.717, 1.165) is 18.5 Å². The van der Waals surface area contributed by atoms with E-state index in [2.05, 4.69) is 177 Å². The van der Waals surface area contributed by atoms with Gasteiger partial charge in [-0.05, 0) is 72.0 Å². The quantitative estimate of drug-likeness (QED) is 0.209. The summed E-state index contributed by atoms with van der Waals surface area (Å²) in [7, 11) is 0. The first kappa shape index (κ1) is 28.7. The fraction of sp³-hybridized carbons (Fsp3) is 0.152. The van der Waals surface area contributed by atoms with Crippen LogP contribution in [0.2, 0.25) is 0 Å². The van der Waals surface area contributed by atoms with Crippen molar-refractivity contribution in [2.75, 3.05) is 9.80 Å². The number of anilines is 2. The highest BCUT2D eigenvalue weighted by Crippen LogP contribution is 2.52. The van der Waals surface area contributed by atoms with Crippen molar-refractivity contribution in [1.29, 1.82) is 0 Å². The van der Waals surface area contributed by atoms with Crippen molar-refractivity contribution in [1.82, 2.24) is 9.88 Å². The number of aromatic nitrogens is 1. The molecule has 0 fully saturated rings. The van der Waals surface area contributed by atoms with Gasteiger partial charge in [0, 0.05) is 57.2 Å². The zero-order chi connectivity index (χ0) is 33.5. The van der Waals surface area contributed by atoms with Gasteiger partial charge in [0.25, 0.3) is 0 Å². The predicted molar refractivity (Wildman–Crippen MR) is 209 cm³/mol. The van der Waals surface area contributed by atoms with Gasteiger partial charge in [-0.15, -0.1) is 0 Å². The van der Waals surface area contributed by atoms with Gasteiger partial charge >= 0.3 is 0 Å². The maximum Gasteiger partial charge on any atom is 0.197 e. The number of hydrogen-bond acceptors (Lipinski definition) is 4. The van der Waals surface area contributed by atoms with E-state index in [1.54, 1.807) is 0 Å². The molecule has 0 spiro atoms. The van der Waals surface area contributed by atoms with E-state index in [-0.39, 0.29) is 24.3 Å². The van der Waals surface area contributed by atoms with Crippen LogP contribution in [0.5, 0.6) is 0 Å². The van der Waals surface area contributed by atoms with Gasteiger partial charge in [-0.1, -0.05) is 115 Å². The summed E-state index contributed by atoms with van der Waals surface area (Å²) in [5, 5.41) is 5.20. The lowest BCUT2D eigenvalue weighted by Crippen LogP contribution is -2.50. The largest absolute Gasteiger partial charge is 0.346 e. The van der Waals surface area contributed by atoms with Crippen molar-refractivity contribution in [3.63, 3.8) is 0 Å². The Hall–Kier alpha value is -6.07. The molecular formula is C46H37N5. The average Bonchev–Trinajstić information content (AvgIpc) is 3.84. The Balaban J connectivity index is 0.958. The summed E-state index contributed by atoms with van der Waals surface area (Å²) in [6.07, 6.45) is 22.8. The van der Waals surface area contributed by atoms with Gasteiger partial charge in [0.05, 0.1) is 23.5 Å². The van der Waals surface area contributed by atoms with Crippen molar-refractivity contribution >= 4 is 34.6 Å². The number of benzene rings is 4. The summed E-state index contributed by atoms with van der Waals surface area (Å²) in [4.78, 5) is 10.2. The summed E-state index contributed by atoms with van der Waals surface area (Å²) >= 11 is 0. The molecule has 0 bridgehead atoms. The first-order valence-electron chi connectivity index (χ1n) is 18.2. The minimum absolute atomic E-state index is 0.102. The standard InChI is InChI=1S/C46H37N5/c1-3-13-31(14-4-1)49-39-20-10-8-18-34(39)37-29-30(23-25-42(37)49)38-27-28-47-46(48-38)51-41-22-12-9-19-36(41)44-43(51)26-24-35-33-17-7-11-21-40(33)50(45(35)44)32-15-5-2-6-16-32/h1-9,11-19,21-29,37,42-44,46,48H,10,20H2. The molecule has 5 atom stereocenters. The maximum atomic E-state index is 5.10. The van der Waals surface area contributed by atoms with Crippen molar-refractivity contribution < 1.29 is 0 Å². The third-order valence-electron chi connectivity index (χ3n) is 11.6. The van der Waals surface area contributed by atoms with Crippen molar-refractivity contribution in [3.8, 4) is 5.69 Å². The number of para-hydroxylation sites is 4. The molecule has 5 unspecified atom stereocenters. The number of fused-ring (bicyclic) bond motifs is 9. The van der Waals surface area contributed by atoms with Crippen LogP contribution in [0.3, 0.4) is 0 Å². The van der Waals surface area contributed by atoms with Crippen molar-refractivity contribution in [2.24, 2.45) is 10.9 Å². The molecule has 4 aromatic carbocycles. The average molecular weight is 660 g/mol. The highest BCUT2D eigenvalue weighted by atomic mass is 15.4. The van der Waals surface area contributed by atoms with Crippen LogP contribution >= 0.6 is 0 Å². The van der Waals surface area contributed by atoms with Crippen molar-refractivity contribution in [3.05, 3.63) is 191 Å². The summed E-state index contributed by atoms with van der Waals surface area (Å²) < 4.78 is 2.49. The molecule has 5 aromatic rings. The maximum absolute atomic E-state index is 5.10. The minimum Gasteiger partial charge on any atom is -0.346 e. The second-order valence-electron chi connectivity index (χ2n) is 14.2. The number of aliphatic imine (C=N–C) groups is 1. The van der Waals surface area contributed by atoms with Crippen LogP contribution in [0.25, 0.3) is 22.7 Å². The molecule has 1 N–H and O–H groups in total. The lowest BCUT2D eigenvalue weighted by molar-refractivity contribution is 0.507. The molecule has 11 rings (SSSR count). The Morgan fingerprint density at radius 3 is 2.37 bits per heavy atom. The second-order valence-corrected chi connectivity index (χ2v) is 14.2. The molecule has 5 heteroatoms. The fourth-order valence-electron chi connectivity index (χ4n) is 9.56.